The van der Waals surface area contributed by atoms with Gasteiger partial charge in [0.1, 0.15) is 12.4 Å². The van der Waals surface area contributed by atoms with E-state index in [4.69, 9.17) is 4.74 Å². The third-order valence-electron chi connectivity index (χ3n) is 6.36. The Morgan fingerprint density at radius 1 is 1.20 bits per heavy atom. The van der Waals surface area contributed by atoms with Crippen LogP contribution in [0.5, 0.6) is 0 Å². The maximum atomic E-state index is 13.4. The summed E-state index contributed by atoms with van der Waals surface area (Å²) in [5.74, 6) is 0.172. The highest BCUT2D eigenvalue weighted by atomic mass is 19.1. The first kappa shape index (κ1) is 22.1. The third-order valence-corrected chi connectivity index (χ3v) is 6.36. The molecule has 30 heavy (non-hydrogen) atoms. The molecular weight excluding hydrogens is 383 g/mol. The summed E-state index contributed by atoms with van der Waals surface area (Å²) in [7, 11) is 0. The normalized spacial score (nSPS) is 21.3. The fourth-order valence-corrected chi connectivity index (χ4v) is 4.31. The van der Waals surface area contributed by atoms with Gasteiger partial charge in [-0.3, -0.25) is 4.79 Å². The summed E-state index contributed by atoms with van der Waals surface area (Å²) in [4.78, 5) is 25.3. The molecule has 1 aromatic heterocycles. The second-order valence-corrected chi connectivity index (χ2v) is 8.28. The lowest BCUT2D eigenvalue weighted by molar-refractivity contribution is -0.123. The number of carbonyl (C=O) groups is 2. The Balaban J connectivity index is 1.88. The van der Waals surface area contributed by atoms with E-state index in [0.29, 0.717) is 28.8 Å². The number of halogens is 1. The summed E-state index contributed by atoms with van der Waals surface area (Å²) in [6.45, 7) is 8.35. The maximum Gasteiger partial charge on any atom is 0.339 e. The molecule has 1 aliphatic carbocycles. The van der Waals surface area contributed by atoms with Crippen LogP contribution in [0.15, 0.2) is 30.3 Å². The molecule has 0 aliphatic heterocycles. The zero-order valence-corrected chi connectivity index (χ0v) is 18.2. The van der Waals surface area contributed by atoms with E-state index in [2.05, 4.69) is 19.2 Å². The summed E-state index contributed by atoms with van der Waals surface area (Å²) in [5.41, 5.74) is 2.51. The van der Waals surface area contributed by atoms with Gasteiger partial charge in [-0.1, -0.05) is 26.7 Å². The van der Waals surface area contributed by atoms with Gasteiger partial charge in [0, 0.05) is 17.4 Å². The molecule has 1 aromatic carbocycles. The number of esters is 1. The Bertz CT molecular complexity index is 904. The Kier molecular flexibility index (Phi) is 6.95. The van der Waals surface area contributed by atoms with Gasteiger partial charge in [-0.15, -0.1) is 0 Å². The average Bonchev–Trinajstić information content (AvgIpc) is 3.03. The van der Waals surface area contributed by atoms with Gasteiger partial charge in [0.05, 0.1) is 12.2 Å². The highest BCUT2D eigenvalue weighted by Gasteiger charge is 2.29. The SMILES string of the molecule is CCOC(=O)c1cc(-c2ccc(F)cc2)n(CC(=O)N[C@@H]2CCC[C@@H](C)[C@@H]2C)c1C. The molecule has 1 aliphatic rings. The first-order valence-corrected chi connectivity index (χ1v) is 10.7. The predicted octanol–water partition coefficient (Wildman–Crippen LogP) is 4.72. The van der Waals surface area contributed by atoms with Crippen molar-refractivity contribution in [1.82, 2.24) is 9.88 Å². The maximum absolute atomic E-state index is 13.4. The van der Waals surface area contributed by atoms with Crippen LogP contribution in [0.4, 0.5) is 4.39 Å². The number of nitrogens with zero attached hydrogens (tertiary/aromatic N) is 1. The molecule has 5 nitrogen and oxygen atoms in total. The van der Waals surface area contributed by atoms with Crippen LogP contribution in [0, 0.1) is 24.6 Å². The van der Waals surface area contributed by atoms with Crippen LogP contribution >= 0.6 is 0 Å². The topological polar surface area (TPSA) is 60.3 Å². The van der Waals surface area contributed by atoms with Crippen molar-refractivity contribution >= 4 is 11.9 Å². The average molecular weight is 415 g/mol. The summed E-state index contributed by atoms with van der Waals surface area (Å²) >= 11 is 0. The number of ether oxygens (including phenoxy) is 1. The molecule has 1 heterocycles. The van der Waals surface area contributed by atoms with Crippen molar-refractivity contribution in [2.24, 2.45) is 11.8 Å². The molecule has 0 bridgehead atoms. The van der Waals surface area contributed by atoms with Gasteiger partial charge in [-0.05, 0) is 68.0 Å². The Labute approximate surface area is 177 Å². The molecule has 0 radical (unpaired) electrons. The number of nitrogens with one attached hydrogen (secondary N) is 1. The summed E-state index contributed by atoms with van der Waals surface area (Å²) in [6.07, 6.45) is 3.30. The highest BCUT2D eigenvalue weighted by Crippen LogP contribution is 2.30. The minimum absolute atomic E-state index is 0.0848. The van der Waals surface area contributed by atoms with Crippen molar-refractivity contribution in [3.8, 4) is 11.3 Å². The number of hydrogen-bond acceptors (Lipinski definition) is 3. The molecule has 162 valence electrons. The van der Waals surface area contributed by atoms with Crippen molar-refractivity contribution in [2.45, 2.75) is 59.5 Å². The van der Waals surface area contributed by atoms with Crippen LogP contribution in [-0.4, -0.2) is 29.1 Å². The number of aromatic nitrogens is 1. The highest BCUT2D eigenvalue weighted by molar-refractivity contribution is 5.93. The van der Waals surface area contributed by atoms with E-state index in [9.17, 15) is 14.0 Å². The van der Waals surface area contributed by atoms with Crippen LogP contribution < -0.4 is 5.32 Å². The number of carbonyl (C=O) groups excluding carboxylic acids is 2. The van der Waals surface area contributed by atoms with Crippen molar-refractivity contribution < 1.29 is 18.7 Å². The van der Waals surface area contributed by atoms with Crippen LogP contribution in [0.2, 0.25) is 0 Å². The fraction of sp³-hybridized carbons (Fsp3) is 0.500. The number of amides is 1. The van der Waals surface area contributed by atoms with Gasteiger partial charge >= 0.3 is 5.97 Å². The number of rotatable bonds is 6. The van der Waals surface area contributed by atoms with E-state index in [-0.39, 0.29) is 30.9 Å². The zero-order valence-electron chi connectivity index (χ0n) is 18.2. The molecule has 0 unspecified atom stereocenters. The third kappa shape index (κ3) is 4.74. The molecule has 3 atom stereocenters. The van der Waals surface area contributed by atoms with E-state index in [0.717, 1.165) is 18.4 Å². The van der Waals surface area contributed by atoms with Crippen LogP contribution in [0.1, 0.15) is 56.1 Å². The molecule has 1 saturated carbocycles. The molecular formula is C24H31FN2O3. The molecule has 1 amide bonds. The van der Waals surface area contributed by atoms with Gasteiger partial charge < -0.3 is 14.6 Å². The lowest BCUT2D eigenvalue weighted by atomic mass is 9.78. The number of benzene rings is 1. The molecule has 0 saturated heterocycles. The van der Waals surface area contributed by atoms with E-state index in [1.54, 1.807) is 32.0 Å². The van der Waals surface area contributed by atoms with Gasteiger partial charge in [0.2, 0.25) is 5.91 Å². The van der Waals surface area contributed by atoms with E-state index < -0.39 is 5.97 Å². The summed E-state index contributed by atoms with van der Waals surface area (Å²) in [5, 5.41) is 3.19. The quantitative estimate of drug-likeness (QED) is 0.696. The van der Waals surface area contributed by atoms with Gasteiger partial charge in [-0.25, -0.2) is 9.18 Å². The predicted molar refractivity (Wildman–Crippen MR) is 115 cm³/mol. The van der Waals surface area contributed by atoms with Gasteiger partial charge in [-0.2, -0.15) is 0 Å². The zero-order chi connectivity index (χ0) is 21.8. The van der Waals surface area contributed by atoms with Crippen LogP contribution in [0.3, 0.4) is 0 Å². The molecule has 2 aromatic rings. The molecule has 0 spiro atoms. The Morgan fingerprint density at radius 2 is 1.90 bits per heavy atom. The molecule has 6 heteroatoms. The largest absolute Gasteiger partial charge is 0.462 e. The molecule has 3 rings (SSSR count). The monoisotopic (exact) mass is 414 g/mol. The van der Waals surface area contributed by atoms with Crippen molar-refractivity contribution in [3.63, 3.8) is 0 Å². The summed E-state index contributed by atoms with van der Waals surface area (Å²) < 4.78 is 20.4. The second kappa shape index (κ2) is 9.45. The van der Waals surface area contributed by atoms with Crippen LogP contribution in [-0.2, 0) is 16.1 Å². The van der Waals surface area contributed by atoms with Crippen molar-refractivity contribution in [2.75, 3.05) is 6.61 Å². The van der Waals surface area contributed by atoms with Crippen molar-refractivity contribution in [3.05, 3.63) is 47.4 Å². The molecule has 1 fully saturated rings. The number of hydrogen-bond donors (Lipinski definition) is 1. The van der Waals surface area contributed by atoms with Crippen LogP contribution in [0.25, 0.3) is 11.3 Å². The minimum atomic E-state index is -0.424. The lowest BCUT2D eigenvalue weighted by Gasteiger charge is -2.34. The first-order chi connectivity index (χ1) is 14.3. The summed E-state index contributed by atoms with van der Waals surface area (Å²) in [6, 6.07) is 7.93. The van der Waals surface area contributed by atoms with E-state index in [1.807, 2.05) is 4.57 Å². The molecule has 1 N–H and O–H groups in total. The fourth-order valence-electron chi connectivity index (χ4n) is 4.31. The smallest absolute Gasteiger partial charge is 0.339 e. The van der Waals surface area contributed by atoms with Crippen molar-refractivity contribution in [1.29, 1.82) is 0 Å². The standard InChI is InChI=1S/C24H31FN2O3/c1-5-30-24(29)20-13-22(18-9-11-19(25)12-10-18)27(17(20)4)14-23(28)26-21-8-6-7-15(2)16(21)3/h9-13,15-16,21H,5-8,14H2,1-4H3,(H,26,28)/t15-,16+,21-/m1/s1. The van der Waals surface area contributed by atoms with E-state index in [1.165, 1.54) is 18.6 Å². The Hall–Kier alpha value is -2.63. The van der Waals surface area contributed by atoms with Gasteiger partial charge in [0.25, 0.3) is 0 Å². The first-order valence-electron chi connectivity index (χ1n) is 10.7. The second-order valence-electron chi connectivity index (χ2n) is 8.28. The van der Waals surface area contributed by atoms with E-state index >= 15 is 0 Å². The minimum Gasteiger partial charge on any atom is -0.462 e. The van der Waals surface area contributed by atoms with Gasteiger partial charge in [0.15, 0.2) is 0 Å². The Morgan fingerprint density at radius 3 is 2.57 bits per heavy atom. The lowest BCUT2D eigenvalue weighted by Crippen LogP contribution is -2.44.